The lowest BCUT2D eigenvalue weighted by Gasteiger charge is -2.38. The Balaban J connectivity index is 1.62. The average Bonchev–Trinajstić information content (AvgIpc) is 3.24. The van der Waals surface area contributed by atoms with Gasteiger partial charge in [-0.05, 0) is 38.6 Å². The smallest absolute Gasteiger partial charge is 0.255 e. The summed E-state index contributed by atoms with van der Waals surface area (Å²) in [5.74, 6) is -0.0324. The molecule has 0 aliphatic carbocycles. The van der Waals surface area contributed by atoms with E-state index in [0.717, 1.165) is 40.8 Å². The van der Waals surface area contributed by atoms with E-state index < -0.39 is 6.04 Å². The molecular formula is C26H30N4O2. The molecule has 1 aromatic heterocycles. The molecule has 2 atom stereocenters. The summed E-state index contributed by atoms with van der Waals surface area (Å²) < 4.78 is 2.18. The maximum absolute atomic E-state index is 13.7. The fraction of sp³-hybridized carbons (Fsp3) is 0.385. The van der Waals surface area contributed by atoms with Crippen LogP contribution in [0.1, 0.15) is 40.1 Å². The zero-order chi connectivity index (χ0) is 22.6. The van der Waals surface area contributed by atoms with Gasteiger partial charge in [0.25, 0.3) is 5.91 Å². The monoisotopic (exact) mass is 430 g/mol. The van der Waals surface area contributed by atoms with Gasteiger partial charge in [0.05, 0.1) is 6.04 Å². The molecule has 3 heterocycles. The second kappa shape index (κ2) is 7.78. The number of piperazine rings is 1. The second-order valence-electron chi connectivity index (χ2n) is 9.08. The molecule has 2 amide bonds. The highest BCUT2D eigenvalue weighted by atomic mass is 16.2. The predicted octanol–water partition coefficient (Wildman–Crippen LogP) is 3.19. The minimum atomic E-state index is -0.540. The maximum Gasteiger partial charge on any atom is 0.255 e. The van der Waals surface area contributed by atoms with Gasteiger partial charge >= 0.3 is 0 Å². The van der Waals surface area contributed by atoms with E-state index in [1.54, 1.807) is 0 Å². The van der Waals surface area contributed by atoms with Crippen molar-refractivity contribution in [2.75, 3.05) is 33.2 Å². The number of hydrogen-bond donors (Lipinski definition) is 0. The average molecular weight is 431 g/mol. The van der Waals surface area contributed by atoms with E-state index >= 15 is 0 Å². The maximum atomic E-state index is 13.7. The van der Waals surface area contributed by atoms with Gasteiger partial charge in [-0.25, -0.2) is 0 Å². The number of likely N-dealkylation sites (N-methyl/N-ethyl adjacent to an activating group) is 1. The highest BCUT2D eigenvalue weighted by Gasteiger charge is 2.44. The third-order valence-electron chi connectivity index (χ3n) is 7.31. The van der Waals surface area contributed by atoms with Crippen LogP contribution in [0.25, 0.3) is 10.9 Å². The zero-order valence-corrected chi connectivity index (χ0v) is 19.2. The van der Waals surface area contributed by atoms with E-state index in [4.69, 9.17) is 0 Å². The topological polar surface area (TPSA) is 48.8 Å². The normalized spacial score (nSPS) is 20.1. The van der Waals surface area contributed by atoms with Gasteiger partial charge in [0, 0.05) is 61.0 Å². The Labute approximate surface area is 189 Å². The van der Waals surface area contributed by atoms with Gasteiger partial charge in [-0.3, -0.25) is 9.59 Å². The number of amides is 2. The van der Waals surface area contributed by atoms with E-state index in [1.807, 2.05) is 53.1 Å². The van der Waals surface area contributed by atoms with Crippen LogP contribution in [0, 0.1) is 6.92 Å². The molecule has 0 radical (unpaired) electrons. The summed E-state index contributed by atoms with van der Waals surface area (Å²) in [6.45, 7) is 7.11. The lowest BCUT2D eigenvalue weighted by molar-refractivity contribution is -0.137. The van der Waals surface area contributed by atoms with Crippen LogP contribution in [0.5, 0.6) is 0 Å². The predicted molar refractivity (Wildman–Crippen MR) is 126 cm³/mol. The minimum Gasteiger partial charge on any atom is -0.348 e. The van der Waals surface area contributed by atoms with Crippen molar-refractivity contribution in [1.82, 2.24) is 19.3 Å². The molecule has 0 saturated carbocycles. The highest BCUT2D eigenvalue weighted by Crippen LogP contribution is 2.44. The van der Waals surface area contributed by atoms with Gasteiger partial charge in [-0.15, -0.1) is 0 Å². The summed E-state index contributed by atoms with van der Waals surface area (Å²) >= 11 is 0. The number of carbonyl (C=O) groups is 2. The van der Waals surface area contributed by atoms with Crippen molar-refractivity contribution in [3.63, 3.8) is 0 Å². The number of nitrogens with zero attached hydrogens (tertiary/aromatic N) is 4. The minimum absolute atomic E-state index is 0.0298. The van der Waals surface area contributed by atoms with Gasteiger partial charge in [0.15, 0.2) is 0 Å². The lowest BCUT2D eigenvalue weighted by Crippen LogP contribution is -2.54. The number of benzene rings is 2. The van der Waals surface area contributed by atoms with E-state index in [0.29, 0.717) is 18.7 Å². The fourth-order valence-corrected chi connectivity index (χ4v) is 5.34. The van der Waals surface area contributed by atoms with Crippen LogP contribution in [0.15, 0.2) is 48.5 Å². The number of rotatable bonds is 3. The molecule has 0 spiro atoms. The Bertz CT molecular complexity index is 1210. The van der Waals surface area contributed by atoms with Crippen LogP contribution in [0.2, 0.25) is 0 Å². The van der Waals surface area contributed by atoms with Crippen LogP contribution in [-0.2, 0) is 11.8 Å². The number of carbonyl (C=O) groups excluding carboxylic acids is 2. The first kappa shape index (κ1) is 20.8. The molecule has 5 rings (SSSR count). The number of para-hydroxylation sites is 1. The van der Waals surface area contributed by atoms with E-state index in [-0.39, 0.29) is 17.9 Å². The van der Waals surface area contributed by atoms with Crippen LogP contribution in [0.3, 0.4) is 0 Å². The molecule has 2 unspecified atom stereocenters. The lowest BCUT2D eigenvalue weighted by atomic mass is 9.95. The SMILES string of the molecule is Cc1c(C2c3ccccc3C(=O)N2C(C)C(=O)N2CCN(C)CC2)c2ccccc2n1C. The van der Waals surface area contributed by atoms with Crippen LogP contribution in [-0.4, -0.2) is 70.3 Å². The third kappa shape index (κ3) is 3.05. The Morgan fingerprint density at radius 1 is 0.969 bits per heavy atom. The van der Waals surface area contributed by atoms with Gasteiger partial charge in [-0.1, -0.05) is 36.4 Å². The van der Waals surface area contributed by atoms with Crippen molar-refractivity contribution in [3.05, 3.63) is 70.9 Å². The second-order valence-corrected chi connectivity index (χ2v) is 9.08. The first-order valence-electron chi connectivity index (χ1n) is 11.3. The van der Waals surface area contributed by atoms with E-state index in [9.17, 15) is 9.59 Å². The number of aryl methyl sites for hydroxylation is 1. The molecule has 0 bridgehead atoms. The quantitative estimate of drug-likeness (QED) is 0.641. The van der Waals surface area contributed by atoms with Gasteiger partial charge in [0.2, 0.25) is 5.91 Å². The standard InChI is InChI=1S/C26H30N4O2/c1-17-23(21-11-7-8-12-22(21)28(17)4)24-19-9-5-6-10-20(19)26(32)30(24)18(2)25(31)29-15-13-27(3)14-16-29/h5-12,18,24H,13-16H2,1-4H3. The molecule has 3 aromatic rings. The summed E-state index contributed by atoms with van der Waals surface area (Å²) in [6.07, 6.45) is 0. The van der Waals surface area contributed by atoms with Crippen molar-refractivity contribution in [2.24, 2.45) is 7.05 Å². The molecule has 1 fully saturated rings. The molecule has 2 aliphatic heterocycles. The molecule has 32 heavy (non-hydrogen) atoms. The Hall–Kier alpha value is -3.12. The fourth-order valence-electron chi connectivity index (χ4n) is 5.34. The largest absolute Gasteiger partial charge is 0.348 e. The third-order valence-corrected chi connectivity index (χ3v) is 7.31. The number of fused-ring (bicyclic) bond motifs is 2. The highest BCUT2D eigenvalue weighted by molar-refractivity contribution is 6.03. The van der Waals surface area contributed by atoms with Crippen molar-refractivity contribution in [3.8, 4) is 0 Å². The van der Waals surface area contributed by atoms with E-state index in [2.05, 4.69) is 42.6 Å². The van der Waals surface area contributed by atoms with Crippen LogP contribution >= 0.6 is 0 Å². The van der Waals surface area contributed by atoms with Crippen molar-refractivity contribution >= 4 is 22.7 Å². The Kier molecular flexibility index (Phi) is 5.05. The summed E-state index contributed by atoms with van der Waals surface area (Å²) in [4.78, 5) is 33.1. The molecule has 1 saturated heterocycles. The number of hydrogen-bond acceptors (Lipinski definition) is 3. The molecule has 6 nitrogen and oxygen atoms in total. The first-order chi connectivity index (χ1) is 15.4. The first-order valence-corrected chi connectivity index (χ1v) is 11.3. The Morgan fingerprint density at radius 3 is 2.38 bits per heavy atom. The zero-order valence-electron chi connectivity index (χ0n) is 19.2. The van der Waals surface area contributed by atoms with Crippen molar-refractivity contribution < 1.29 is 9.59 Å². The molecule has 2 aromatic carbocycles. The van der Waals surface area contributed by atoms with Crippen LogP contribution < -0.4 is 0 Å². The summed E-state index contributed by atoms with van der Waals surface area (Å²) in [5.41, 5.74) is 5.04. The molecule has 0 N–H and O–H groups in total. The number of aromatic nitrogens is 1. The van der Waals surface area contributed by atoms with Crippen molar-refractivity contribution in [1.29, 1.82) is 0 Å². The molecule has 166 valence electrons. The van der Waals surface area contributed by atoms with E-state index in [1.165, 1.54) is 0 Å². The molecule has 2 aliphatic rings. The van der Waals surface area contributed by atoms with Gasteiger partial charge in [-0.2, -0.15) is 0 Å². The van der Waals surface area contributed by atoms with Crippen molar-refractivity contribution in [2.45, 2.75) is 25.9 Å². The molecule has 6 heteroatoms. The van der Waals surface area contributed by atoms with Crippen LogP contribution in [0.4, 0.5) is 0 Å². The Morgan fingerprint density at radius 2 is 1.62 bits per heavy atom. The van der Waals surface area contributed by atoms with Gasteiger partial charge in [0.1, 0.15) is 6.04 Å². The van der Waals surface area contributed by atoms with Gasteiger partial charge < -0.3 is 19.3 Å². The molecular weight excluding hydrogens is 400 g/mol. The summed E-state index contributed by atoms with van der Waals surface area (Å²) in [7, 11) is 4.14. The summed E-state index contributed by atoms with van der Waals surface area (Å²) in [5, 5.41) is 1.13. The summed E-state index contributed by atoms with van der Waals surface area (Å²) in [6, 6.07) is 15.3.